The maximum Gasteiger partial charge on any atom is 0.410 e. The van der Waals surface area contributed by atoms with Crippen LogP contribution < -0.4 is 0 Å². The van der Waals surface area contributed by atoms with Gasteiger partial charge in [-0.2, -0.15) is 0 Å². The summed E-state index contributed by atoms with van der Waals surface area (Å²) in [7, 11) is 3.41. The van der Waals surface area contributed by atoms with E-state index in [0.717, 1.165) is 25.9 Å². The van der Waals surface area contributed by atoms with Crippen molar-refractivity contribution >= 4 is 12.1 Å². The van der Waals surface area contributed by atoms with Crippen LogP contribution in [0.3, 0.4) is 0 Å². The summed E-state index contributed by atoms with van der Waals surface area (Å²) in [5.74, 6) is -0.614. The van der Waals surface area contributed by atoms with E-state index in [-0.39, 0.29) is 17.8 Å². The third-order valence-electron chi connectivity index (χ3n) is 4.87. The van der Waals surface area contributed by atoms with E-state index in [1.165, 1.54) is 0 Å². The molecular weight excluding hydrogens is 334 g/mol. The van der Waals surface area contributed by atoms with E-state index in [2.05, 4.69) is 11.5 Å². The molecule has 2 atom stereocenters. The Labute approximate surface area is 155 Å². The van der Waals surface area contributed by atoms with Gasteiger partial charge in [-0.25, -0.2) is 9.59 Å². The van der Waals surface area contributed by atoms with E-state index >= 15 is 0 Å². The molecule has 146 valence electrons. The Balaban J connectivity index is 2.01. The number of carbonyl (C=O) groups is 2. The zero-order valence-corrected chi connectivity index (χ0v) is 16.5. The number of likely N-dealkylation sites (N-methyl/N-ethyl adjacent to an activating group) is 1. The number of carbonyl (C=O) groups excluding carboxylic acids is 1. The van der Waals surface area contributed by atoms with Crippen LogP contribution in [0.1, 0.15) is 33.6 Å². The summed E-state index contributed by atoms with van der Waals surface area (Å²) >= 11 is 0. The second kappa shape index (κ2) is 7.60. The number of hydrogen-bond acceptors (Lipinski definition) is 5. The van der Waals surface area contributed by atoms with Gasteiger partial charge in [0.2, 0.25) is 0 Å². The molecule has 2 saturated heterocycles. The van der Waals surface area contributed by atoms with Crippen LogP contribution >= 0.6 is 0 Å². The Morgan fingerprint density at radius 3 is 2.42 bits per heavy atom. The third-order valence-corrected chi connectivity index (χ3v) is 4.87. The first-order chi connectivity index (χ1) is 12.0. The van der Waals surface area contributed by atoms with Gasteiger partial charge in [-0.15, -0.1) is 0 Å². The summed E-state index contributed by atoms with van der Waals surface area (Å²) in [6, 6.07) is 0.186. The molecule has 2 aliphatic rings. The number of amides is 1. The summed E-state index contributed by atoms with van der Waals surface area (Å²) in [6.45, 7) is 11.9. The van der Waals surface area contributed by atoms with E-state index in [0.29, 0.717) is 18.2 Å². The zero-order chi connectivity index (χ0) is 19.6. The normalized spacial score (nSPS) is 23.5. The highest BCUT2D eigenvalue weighted by Gasteiger charge is 2.42. The summed E-state index contributed by atoms with van der Waals surface area (Å²) in [6.07, 6.45) is 3.14. The minimum Gasteiger partial charge on any atom is -0.477 e. The molecule has 2 heterocycles. The number of fused-ring (bicyclic) bond motifs is 1. The molecule has 0 aromatic carbocycles. The van der Waals surface area contributed by atoms with Gasteiger partial charge in [-0.05, 0) is 45.6 Å². The quantitative estimate of drug-likeness (QED) is 0.609. The van der Waals surface area contributed by atoms with Crippen molar-refractivity contribution in [3.8, 4) is 0 Å². The summed E-state index contributed by atoms with van der Waals surface area (Å²) in [5, 5.41) is 9.30. The summed E-state index contributed by atoms with van der Waals surface area (Å²) in [5.41, 5.74) is 0.415. The molecule has 0 radical (unpaired) electrons. The van der Waals surface area contributed by atoms with Crippen molar-refractivity contribution in [2.45, 2.75) is 45.3 Å². The van der Waals surface area contributed by atoms with Crippen LogP contribution in [-0.4, -0.2) is 77.2 Å². The van der Waals surface area contributed by atoms with Gasteiger partial charge in [0, 0.05) is 45.5 Å². The van der Waals surface area contributed by atoms with Crippen LogP contribution in [0, 0.1) is 5.92 Å². The topological polar surface area (TPSA) is 73.3 Å². The van der Waals surface area contributed by atoms with Gasteiger partial charge in [-0.3, -0.25) is 0 Å². The van der Waals surface area contributed by atoms with Gasteiger partial charge in [-0.1, -0.05) is 6.58 Å². The molecule has 1 N–H and O–H groups in total. The lowest BCUT2D eigenvalue weighted by Gasteiger charge is -2.39. The van der Waals surface area contributed by atoms with E-state index in [4.69, 9.17) is 4.74 Å². The number of carboxylic acids is 1. The van der Waals surface area contributed by atoms with E-state index < -0.39 is 11.6 Å². The standard InChI is InChI=1S/C19H31N3O4/c1-13(11-16(17(23)24)20(5)6)21-9-8-15-14(12-21)7-10-22(15)18(25)26-19(2,3)4/h11,14-15H,1,7-10,12H2,2-6H3,(H,23,24)/b16-11-/t14-,15+/m1/s1. The van der Waals surface area contributed by atoms with Crippen molar-refractivity contribution in [3.63, 3.8) is 0 Å². The predicted molar refractivity (Wildman–Crippen MR) is 99.6 cm³/mol. The van der Waals surface area contributed by atoms with Crippen molar-refractivity contribution in [2.24, 2.45) is 5.92 Å². The number of aliphatic carboxylic acids is 1. The molecule has 26 heavy (non-hydrogen) atoms. The van der Waals surface area contributed by atoms with Crippen LogP contribution in [0.4, 0.5) is 4.79 Å². The molecule has 7 heteroatoms. The van der Waals surface area contributed by atoms with Gasteiger partial charge >= 0.3 is 12.1 Å². The number of piperidine rings is 1. The van der Waals surface area contributed by atoms with Crippen LogP contribution in [0.25, 0.3) is 0 Å². The first-order valence-electron chi connectivity index (χ1n) is 9.05. The van der Waals surface area contributed by atoms with Crippen molar-refractivity contribution in [3.05, 3.63) is 24.0 Å². The minimum absolute atomic E-state index is 0.186. The summed E-state index contributed by atoms with van der Waals surface area (Å²) < 4.78 is 5.53. The molecule has 2 fully saturated rings. The number of carboxylic acid groups (broad SMARTS) is 1. The van der Waals surface area contributed by atoms with Crippen molar-refractivity contribution in [2.75, 3.05) is 33.7 Å². The number of nitrogens with zero attached hydrogens (tertiary/aromatic N) is 3. The van der Waals surface area contributed by atoms with Crippen LogP contribution in [-0.2, 0) is 9.53 Å². The molecule has 0 aromatic rings. The van der Waals surface area contributed by atoms with Crippen LogP contribution in [0.5, 0.6) is 0 Å². The van der Waals surface area contributed by atoms with Gasteiger partial charge in [0.15, 0.2) is 0 Å². The number of ether oxygens (including phenoxy) is 1. The highest BCUT2D eigenvalue weighted by Crippen LogP contribution is 2.33. The lowest BCUT2D eigenvalue weighted by atomic mass is 9.92. The van der Waals surface area contributed by atoms with Gasteiger partial charge in [0.25, 0.3) is 0 Å². The molecule has 0 bridgehead atoms. The fourth-order valence-electron chi connectivity index (χ4n) is 3.62. The Morgan fingerprint density at radius 2 is 1.88 bits per heavy atom. The van der Waals surface area contributed by atoms with E-state index in [1.807, 2.05) is 25.7 Å². The van der Waals surface area contributed by atoms with Gasteiger partial charge in [0.1, 0.15) is 11.3 Å². The van der Waals surface area contributed by atoms with Gasteiger partial charge in [0.05, 0.1) is 0 Å². The number of rotatable bonds is 4. The Bertz CT molecular complexity index is 606. The number of likely N-dealkylation sites (tertiary alicyclic amines) is 2. The van der Waals surface area contributed by atoms with Crippen LogP contribution in [0.2, 0.25) is 0 Å². The minimum atomic E-state index is -0.969. The fraction of sp³-hybridized carbons (Fsp3) is 0.684. The molecule has 0 aromatic heterocycles. The first-order valence-corrected chi connectivity index (χ1v) is 9.05. The Kier molecular flexibility index (Phi) is 5.88. The molecule has 1 amide bonds. The van der Waals surface area contributed by atoms with Crippen molar-refractivity contribution in [1.82, 2.24) is 14.7 Å². The molecule has 7 nitrogen and oxygen atoms in total. The van der Waals surface area contributed by atoms with Crippen LogP contribution in [0.15, 0.2) is 24.0 Å². The van der Waals surface area contributed by atoms with E-state index in [1.54, 1.807) is 25.1 Å². The monoisotopic (exact) mass is 365 g/mol. The van der Waals surface area contributed by atoms with Crippen molar-refractivity contribution < 1.29 is 19.4 Å². The third kappa shape index (κ3) is 4.71. The second-order valence-corrected chi connectivity index (χ2v) is 8.25. The van der Waals surface area contributed by atoms with Gasteiger partial charge < -0.3 is 24.5 Å². The maximum absolute atomic E-state index is 12.4. The summed E-state index contributed by atoms with van der Waals surface area (Å²) in [4.78, 5) is 29.3. The smallest absolute Gasteiger partial charge is 0.410 e. The van der Waals surface area contributed by atoms with E-state index in [9.17, 15) is 14.7 Å². The zero-order valence-electron chi connectivity index (χ0n) is 16.5. The first kappa shape index (κ1) is 20.1. The fourth-order valence-corrected chi connectivity index (χ4v) is 3.62. The molecule has 0 saturated carbocycles. The van der Waals surface area contributed by atoms with Crippen molar-refractivity contribution in [1.29, 1.82) is 0 Å². The Morgan fingerprint density at radius 1 is 1.23 bits per heavy atom. The largest absolute Gasteiger partial charge is 0.477 e. The number of allylic oxidation sites excluding steroid dienone is 1. The SMILES string of the molecule is C=C(/C=C(/C(=O)O)N(C)C)N1CC[C@H]2[C@H](CCN2C(=O)OC(C)(C)C)C1. The predicted octanol–water partition coefficient (Wildman–Crippen LogP) is 2.36. The second-order valence-electron chi connectivity index (χ2n) is 8.25. The molecule has 2 aliphatic heterocycles. The average Bonchev–Trinajstić information content (AvgIpc) is 2.93. The molecule has 0 aliphatic carbocycles. The lowest BCUT2D eigenvalue weighted by molar-refractivity contribution is -0.134. The lowest BCUT2D eigenvalue weighted by Crippen LogP contribution is -2.48. The Hall–Kier alpha value is -2.18. The number of hydrogen-bond donors (Lipinski definition) is 1. The average molecular weight is 365 g/mol. The molecular formula is C19H31N3O4. The molecule has 2 rings (SSSR count). The molecule has 0 unspecified atom stereocenters. The highest BCUT2D eigenvalue weighted by molar-refractivity contribution is 5.86. The molecule has 0 spiro atoms. The highest BCUT2D eigenvalue weighted by atomic mass is 16.6. The maximum atomic E-state index is 12.4.